The number of rotatable bonds is 3. The minimum Gasteiger partial charge on any atom is -0.464 e. The Morgan fingerprint density at radius 2 is 2.12 bits per heavy atom. The number of Topliss-reactive ketones (excluding diaryl/α,β-unsaturated/α-hetero) is 1. The van der Waals surface area contributed by atoms with E-state index < -0.39 is 34.8 Å². The van der Waals surface area contributed by atoms with Crippen LogP contribution in [-0.2, 0) is 0 Å². The van der Waals surface area contributed by atoms with Crippen LogP contribution in [0.2, 0.25) is 0 Å². The second-order valence-electron chi connectivity index (χ2n) is 5.61. The lowest BCUT2D eigenvalue weighted by molar-refractivity contribution is -0.286. The van der Waals surface area contributed by atoms with Gasteiger partial charge in [-0.15, -0.1) is 11.3 Å². The number of thiocarbonyl (C=S) groups is 1. The highest BCUT2D eigenvalue weighted by Gasteiger charge is 2.66. The van der Waals surface area contributed by atoms with Gasteiger partial charge in [-0.05, 0) is 42.7 Å². The first kappa shape index (κ1) is 17.9. The summed E-state index contributed by atoms with van der Waals surface area (Å²) in [6.45, 7) is 1.62. The minimum absolute atomic E-state index is 0.0823. The zero-order chi connectivity index (χ0) is 18.4. The van der Waals surface area contributed by atoms with Crippen LogP contribution in [0.15, 0.2) is 34.1 Å². The van der Waals surface area contributed by atoms with Crippen molar-refractivity contribution in [3.8, 4) is 0 Å². The van der Waals surface area contributed by atoms with Crippen LogP contribution in [0.1, 0.15) is 27.2 Å². The molecule has 0 bridgehead atoms. The fourth-order valence-electron chi connectivity index (χ4n) is 2.77. The maximum atomic E-state index is 13.7. The standard InChI is InChI=1S/C15H13F3N2O3S2/c1-7-4-5-8(23-7)11-10(12(21)9-3-2-6-25-9)14(22,15(16,17)18)20-13(24)19-11/h2-6,10-11,22H,1H3,(H2,19,20,24)/t10-,11+,14-/m0/s1. The summed E-state index contributed by atoms with van der Waals surface area (Å²) in [6, 6.07) is 4.68. The van der Waals surface area contributed by atoms with Crippen molar-refractivity contribution < 1.29 is 27.5 Å². The van der Waals surface area contributed by atoms with E-state index in [9.17, 15) is 23.1 Å². The summed E-state index contributed by atoms with van der Waals surface area (Å²) in [4.78, 5) is 12.9. The first-order valence-corrected chi connectivity index (χ1v) is 8.44. The number of nitrogens with one attached hydrogen (secondary N) is 2. The van der Waals surface area contributed by atoms with Crippen molar-refractivity contribution in [2.75, 3.05) is 0 Å². The maximum absolute atomic E-state index is 13.7. The Hall–Kier alpha value is -1.91. The van der Waals surface area contributed by atoms with Gasteiger partial charge < -0.3 is 20.2 Å². The number of thiophene rings is 1. The van der Waals surface area contributed by atoms with Crippen molar-refractivity contribution in [1.82, 2.24) is 10.6 Å². The maximum Gasteiger partial charge on any atom is 0.437 e. The molecule has 0 unspecified atom stereocenters. The van der Waals surface area contributed by atoms with Crippen molar-refractivity contribution in [2.24, 2.45) is 5.92 Å². The molecule has 1 aliphatic heterocycles. The topological polar surface area (TPSA) is 74.5 Å². The molecule has 0 aliphatic carbocycles. The summed E-state index contributed by atoms with van der Waals surface area (Å²) in [5.74, 6) is -2.25. The highest BCUT2D eigenvalue weighted by atomic mass is 32.1. The lowest BCUT2D eigenvalue weighted by atomic mass is 9.80. The molecular formula is C15H13F3N2O3S2. The number of aryl methyl sites for hydroxylation is 1. The molecule has 3 atom stereocenters. The molecule has 3 heterocycles. The van der Waals surface area contributed by atoms with Gasteiger partial charge in [-0.2, -0.15) is 13.2 Å². The fraction of sp³-hybridized carbons (Fsp3) is 0.333. The average molecular weight is 390 g/mol. The van der Waals surface area contributed by atoms with Gasteiger partial charge >= 0.3 is 6.18 Å². The van der Waals surface area contributed by atoms with Crippen molar-refractivity contribution in [3.63, 3.8) is 0 Å². The molecule has 5 nitrogen and oxygen atoms in total. The molecule has 25 heavy (non-hydrogen) atoms. The average Bonchev–Trinajstić information content (AvgIpc) is 3.16. The van der Waals surface area contributed by atoms with Gasteiger partial charge in [0, 0.05) is 0 Å². The van der Waals surface area contributed by atoms with E-state index in [2.05, 4.69) is 5.32 Å². The summed E-state index contributed by atoms with van der Waals surface area (Å²) in [5, 5.41) is 16.0. The number of hydrogen-bond donors (Lipinski definition) is 3. The monoisotopic (exact) mass is 390 g/mol. The Morgan fingerprint density at radius 3 is 2.64 bits per heavy atom. The molecule has 3 rings (SSSR count). The third kappa shape index (κ3) is 3.05. The van der Waals surface area contributed by atoms with Gasteiger partial charge in [0.15, 0.2) is 10.9 Å². The third-order valence-electron chi connectivity index (χ3n) is 3.92. The largest absolute Gasteiger partial charge is 0.464 e. The van der Waals surface area contributed by atoms with Gasteiger partial charge in [-0.1, -0.05) is 6.07 Å². The Balaban J connectivity index is 2.14. The number of carbonyl (C=O) groups is 1. The molecule has 2 aromatic heterocycles. The highest BCUT2D eigenvalue weighted by molar-refractivity contribution is 7.80. The molecule has 0 radical (unpaired) electrons. The van der Waals surface area contributed by atoms with Crippen molar-refractivity contribution in [1.29, 1.82) is 0 Å². The van der Waals surface area contributed by atoms with E-state index in [0.29, 0.717) is 5.76 Å². The second-order valence-corrected chi connectivity index (χ2v) is 6.96. The Morgan fingerprint density at radius 1 is 1.40 bits per heavy atom. The molecule has 0 saturated carbocycles. The molecule has 2 aromatic rings. The van der Waals surface area contributed by atoms with Gasteiger partial charge in [-0.25, -0.2) is 0 Å². The summed E-state index contributed by atoms with van der Waals surface area (Å²) < 4.78 is 46.4. The zero-order valence-corrected chi connectivity index (χ0v) is 14.4. The van der Waals surface area contributed by atoms with Crippen LogP contribution in [0.4, 0.5) is 13.2 Å². The van der Waals surface area contributed by atoms with Crippen LogP contribution >= 0.6 is 23.6 Å². The van der Waals surface area contributed by atoms with Crippen LogP contribution < -0.4 is 10.6 Å². The number of halogens is 3. The summed E-state index contributed by atoms with van der Waals surface area (Å²) in [5.41, 5.74) is -3.53. The van der Waals surface area contributed by atoms with Gasteiger partial charge in [0.1, 0.15) is 23.5 Å². The van der Waals surface area contributed by atoms with E-state index in [-0.39, 0.29) is 10.6 Å². The number of aliphatic hydroxyl groups is 1. The predicted octanol–water partition coefficient (Wildman–Crippen LogP) is 2.92. The first-order chi connectivity index (χ1) is 11.6. The van der Waals surface area contributed by atoms with E-state index in [0.717, 1.165) is 11.3 Å². The van der Waals surface area contributed by atoms with Gasteiger partial charge in [0.05, 0.1) is 4.88 Å². The molecular weight excluding hydrogens is 377 g/mol. The molecule has 1 fully saturated rings. The van der Waals surface area contributed by atoms with Crippen LogP contribution in [0.3, 0.4) is 0 Å². The highest BCUT2D eigenvalue weighted by Crippen LogP contribution is 2.44. The summed E-state index contributed by atoms with van der Waals surface area (Å²) >= 11 is 5.81. The first-order valence-electron chi connectivity index (χ1n) is 7.15. The van der Waals surface area contributed by atoms with Gasteiger partial charge in [0.25, 0.3) is 0 Å². The summed E-state index contributed by atoms with van der Waals surface area (Å²) in [7, 11) is 0. The zero-order valence-electron chi connectivity index (χ0n) is 12.8. The quantitative estimate of drug-likeness (QED) is 0.553. The van der Waals surface area contributed by atoms with Crippen LogP contribution in [-0.4, -0.2) is 27.9 Å². The van der Waals surface area contributed by atoms with E-state index in [1.165, 1.54) is 12.1 Å². The van der Waals surface area contributed by atoms with Crippen LogP contribution in [0.25, 0.3) is 0 Å². The molecule has 134 valence electrons. The number of carbonyl (C=O) groups excluding carboxylic acids is 1. The van der Waals surface area contributed by atoms with Crippen LogP contribution in [0, 0.1) is 12.8 Å². The number of alkyl halides is 3. The molecule has 3 N–H and O–H groups in total. The Bertz CT molecular complexity index is 803. The SMILES string of the molecule is Cc1ccc([C@H]2NC(=S)N[C@@](O)(C(F)(F)F)[C@@H]2C(=O)c2cccs2)o1. The molecule has 10 heteroatoms. The molecule has 1 aliphatic rings. The van der Waals surface area contributed by atoms with E-state index in [4.69, 9.17) is 16.6 Å². The smallest absolute Gasteiger partial charge is 0.437 e. The molecule has 1 saturated heterocycles. The van der Waals surface area contributed by atoms with E-state index in [1.807, 2.05) is 5.32 Å². The Labute approximate surface area is 149 Å². The fourth-order valence-corrected chi connectivity index (χ4v) is 3.76. The van der Waals surface area contributed by atoms with Crippen LogP contribution in [0.5, 0.6) is 0 Å². The van der Waals surface area contributed by atoms with Gasteiger partial charge in [0.2, 0.25) is 5.72 Å². The number of hydrogen-bond acceptors (Lipinski definition) is 5. The molecule has 0 aromatic carbocycles. The predicted molar refractivity (Wildman–Crippen MR) is 88.2 cm³/mol. The number of ketones is 1. The lowest BCUT2D eigenvalue weighted by Gasteiger charge is -2.45. The molecule has 0 amide bonds. The lowest BCUT2D eigenvalue weighted by Crippen LogP contribution is -2.72. The second kappa shape index (κ2) is 6.11. The van der Waals surface area contributed by atoms with E-state index in [1.54, 1.807) is 24.4 Å². The normalized spacial score (nSPS) is 26.8. The number of furan rings is 1. The minimum atomic E-state index is -5.14. The summed E-state index contributed by atoms with van der Waals surface area (Å²) in [6.07, 6.45) is -5.14. The molecule has 0 spiro atoms. The van der Waals surface area contributed by atoms with Crippen molar-refractivity contribution in [2.45, 2.75) is 24.9 Å². The Kier molecular flexibility index (Phi) is 4.38. The van der Waals surface area contributed by atoms with E-state index >= 15 is 0 Å². The van der Waals surface area contributed by atoms with Crippen molar-refractivity contribution in [3.05, 3.63) is 46.0 Å². The van der Waals surface area contributed by atoms with Crippen molar-refractivity contribution >= 4 is 34.5 Å². The third-order valence-corrected chi connectivity index (χ3v) is 5.02. The van der Waals surface area contributed by atoms with Gasteiger partial charge in [-0.3, -0.25) is 4.79 Å².